The minimum absolute atomic E-state index is 0.0255. The van der Waals surface area contributed by atoms with Crippen LogP contribution in [0.4, 0.5) is 0 Å². The van der Waals surface area contributed by atoms with Crippen molar-refractivity contribution in [2.24, 2.45) is 0 Å². The molecule has 2 heterocycles. The minimum Gasteiger partial charge on any atom is -0.462 e. The van der Waals surface area contributed by atoms with Crippen molar-refractivity contribution in [1.82, 2.24) is 19.5 Å². The normalized spacial score (nSPS) is 13.5. The van der Waals surface area contributed by atoms with Gasteiger partial charge in [0.25, 0.3) is 5.56 Å². The molecule has 3 rings (SSSR count). The average Bonchev–Trinajstić information content (AvgIpc) is 2.91. The Kier molecular flexibility index (Phi) is 11.3. The summed E-state index contributed by atoms with van der Waals surface area (Å²) in [6.07, 6.45) is -2.70. The van der Waals surface area contributed by atoms with Gasteiger partial charge in [-0.2, -0.15) is 4.98 Å². The van der Waals surface area contributed by atoms with Crippen molar-refractivity contribution in [3.05, 3.63) is 44.1 Å². The Balaban J connectivity index is 2.13. The van der Waals surface area contributed by atoms with E-state index < -0.39 is 54.1 Å². The van der Waals surface area contributed by atoms with E-state index >= 15 is 0 Å². The predicted octanol–water partition coefficient (Wildman–Crippen LogP) is 2.33. The van der Waals surface area contributed by atoms with Gasteiger partial charge < -0.3 is 23.9 Å². The Morgan fingerprint density at radius 2 is 1.50 bits per heavy atom. The predicted molar refractivity (Wildman–Crippen MR) is 152 cm³/mol. The molecule has 0 aliphatic carbocycles. The SMILES string of the molecule is CCCC(=O)OC[C@H](OC(=O)CCC)[C@H](OC(=O)CCC)[C@H](O)Cn1c2nc(=O)[nH]c(=O)c-2nc2cc(C)c(C)cc21. The van der Waals surface area contributed by atoms with E-state index in [9.17, 15) is 29.1 Å². The van der Waals surface area contributed by atoms with E-state index in [-0.39, 0.29) is 37.3 Å². The number of aryl methyl sites for hydroxylation is 2. The molecule has 0 unspecified atom stereocenters. The van der Waals surface area contributed by atoms with Gasteiger partial charge in [-0.25, -0.2) is 9.78 Å². The summed E-state index contributed by atoms with van der Waals surface area (Å²) in [4.78, 5) is 72.7. The molecule has 2 aliphatic heterocycles. The Morgan fingerprint density at radius 1 is 0.905 bits per heavy atom. The molecule has 0 aromatic heterocycles. The van der Waals surface area contributed by atoms with Gasteiger partial charge in [-0.15, -0.1) is 0 Å². The third-order valence-electron chi connectivity index (χ3n) is 6.66. The van der Waals surface area contributed by atoms with E-state index in [4.69, 9.17) is 14.2 Å². The molecule has 0 bridgehead atoms. The number of nitrogens with zero attached hydrogens (tertiary/aromatic N) is 3. The van der Waals surface area contributed by atoms with Crippen molar-refractivity contribution in [3.8, 4) is 11.5 Å². The van der Waals surface area contributed by atoms with Gasteiger partial charge in [0.2, 0.25) is 0 Å². The number of hydrogen-bond donors (Lipinski definition) is 2. The van der Waals surface area contributed by atoms with Crippen LogP contribution in [-0.2, 0) is 35.1 Å². The lowest BCUT2D eigenvalue weighted by molar-refractivity contribution is -0.186. The second-order valence-electron chi connectivity index (χ2n) is 10.2. The average molecular weight is 587 g/mol. The number of benzene rings is 1. The number of esters is 3. The van der Waals surface area contributed by atoms with Crippen LogP contribution in [0.15, 0.2) is 21.7 Å². The minimum atomic E-state index is -1.56. The van der Waals surface area contributed by atoms with Gasteiger partial charge in [0, 0.05) is 19.3 Å². The fourth-order valence-corrected chi connectivity index (χ4v) is 4.42. The highest BCUT2D eigenvalue weighted by Crippen LogP contribution is 2.25. The first-order chi connectivity index (χ1) is 20.0. The Labute approximate surface area is 242 Å². The molecular formula is C29H38N4O9. The van der Waals surface area contributed by atoms with Gasteiger partial charge in [-0.1, -0.05) is 20.8 Å². The van der Waals surface area contributed by atoms with Crippen molar-refractivity contribution >= 4 is 28.9 Å². The number of carbonyl (C=O) groups excluding carboxylic acids is 3. The summed E-state index contributed by atoms with van der Waals surface area (Å²) in [5, 5.41) is 11.6. The number of ether oxygens (including phenoxy) is 3. The van der Waals surface area contributed by atoms with Crippen molar-refractivity contribution < 1.29 is 33.7 Å². The van der Waals surface area contributed by atoms with Crippen LogP contribution in [0.25, 0.3) is 22.6 Å². The van der Waals surface area contributed by atoms with Crippen LogP contribution in [0, 0.1) is 13.8 Å². The molecule has 1 aromatic rings. The van der Waals surface area contributed by atoms with Crippen molar-refractivity contribution in [2.75, 3.05) is 6.61 Å². The summed E-state index contributed by atoms with van der Waals surface area (Å²) >= 11 is 0. The fourth-order valence-electron chi connectivity index (χ4n) is 4.42. The molecule has 2 N–H and O–H groups in total. The van der Waals surface area contributed by atoms with Gasteiger partial charge in [-0.05, 0) is 56.4 Å². The Bertz CT molecular complexity index is 1510. The molecule has 0 fully saturated rings. The van der Waals surface area contributed by atoms with E-state index in [1.54, 1.807) is 32.9 Å². The first-order valence-electron chi connectivity index (χ1n) is 14.1. The lowest BCUT2D eigenvalue weighted by Crippen LogP contribution is -2.48. The molecule has 0 radical (unpaired) electrons. The number of hydrogen-bond acceptors (Lipinski definition) is 11. The van der Waals surface area contributed by atoms with Gasteiger partial charge >= 0.3 is 23.6 Å². The monoisotopic (exact) mass is 586 g/mol. The van der Waals surface area contributed by atoms with Crippen LogP contribution in [0.3, 0.4) is 0 Å². The van der Waals surface area contributed by atoms with Crippen molar-refractivity contribution in [3.63, 3.8) is 0 Å². The van der Waals surface area contributed by atoms with Gasteiger partial charge in [0.05, 0.1) is 17.6 Å². The first-order valence-corrected chi connectivity index (χ1v) is 14.1. The largest absolute Gasteiger partial charge is 0.462 e. The summed E-state index contributed by atoms with van der Waals surface area (Å²) < 4.78 is 18.0. The van der Waals surface area contributed by atoms with E-state index in [0.29, 0.717) is 30.3 Å². The van der Waals surface area contributed by atoms with E-state index in [1.165, 1.54) is 4.57 Å². The molecule has 2 aliphatic rings. The Morgan fingerprint density at radius 3 is 2.14 bits per heavy atom. The maximum Gasteiger partial charge on any atom is 0.349 e. The fraction of sp³-hybridized carbons (Fsp3) is 0.552. The van der Waals surface area contributed by atoms with Gasteiger partial charge in [-0.3, -0.25) is 24.2 Å². The molecule has 0 saturated heterocycles. The van der Waals surface area contributed by atoms with Crippen molar-refractivity contribution in [1.29, 1.82) is 0 Å². The summed E-state index contributed by atoms with van der Waals surface area (Å²) in [7, 11) is 0. The van der Waals surface area contributed by atoms with E-state index in [2.05, 4.69) is 15.0 Å². The maximum absolute atomic E-state index is 12.7. The van der Waals surface area contributed by atoms with Crippen LogP contribution in [-0.4, -0.2) is 67.5 Å². The molecule has 1 aromatic carbocycles. The molecule has 0 amide bonds. The Hall–Kier alpha value is -4.13. The molecule has 13 nitrogen and oxygen atoms in total. The molecule has 228 valence electrons. The van der Waals surface area contributed by atoms with E-state index in [1.807, 2.05) is 13.8 Å². The number of aliphatic hydroxyl groups is 1. The highest BCUT2D eigenvalue weighted by atomic mass is 16.6. The second kappa shape index (κ2) is 14.7. The van der Waals surface area contributed by atoms with Gasteiger partial charge in [0.15, 0.2) is 23.7 Å². The standard InChI is InChI=1S/C29H38N4O9/c1-6-9-22(35)40-15-21(41-23(36)10-7-2)26(42-24(37)11-8-3)20(34)14-33-19-13-17(5)16(4)12-18(19)30-25-27(33)31-29(39)32-28(25)38/h12-13,20-21,26,34H,6-11,14-15H2,1-5H3,(H,32,38,39)/t20-,21+,26-/m1/s1. The quantitative estimate of drug-likeness (QED) is 0.161. The lowest BCUT2D eigenvalue weighted by Gasteiger charge is -2.31. The summed E-state index contributed by atoms with van der Waals surface area (Å²) in [5.41, 5.74) is 0.844. The number of fused-ring (bicyclic) bond motifs is 2. The first kappa shape index (κ1) is 32.4. The van der Waals surface area contributed by atoms with Crippen LogP contribution in [0.2, 0.25) is 0 Å². The number of aliphatic hydroxyl groups excluding tert-OH is 1. The third kappa shape index (κ3) is 7.99. The smallest absolute Gasteiger partial charge is 0.349 e. The molecule has 0 saturated carbocycles. The van der Waals surface area contributed by atoms with Crippen molar-refractivity contribution in [2.45, 2.75) is 98.0 Å². The highest BCUT2D eigenvalue weighted by Gasteiger charge is 2.37. The number of H-pyrrole nitrogens is 1. The van der Waals surface area contributed by atoms with Crippen LogP contribution in [0.5, 0.6) is 0 Å². The molecule has 3 atom stereocenters. The summed E-state index contributed by atoms with van der Waals surface area (Å²) in [6, 6.07) is 3.54. The lowest BCUT2D eigenvalue weighted by atomic mass is 10.1. The van der Waals surface area contributed by atoms with Gasteiger partial charge in [0.1, 0.15) is 12.7 Å². The molecule has 0 spiro atoms. The number of aromatic amines is 1. The molecule has 13 heteroatoms. The van der Waals surface area contributed by atoms with E-state index in [0.717, 1.165) is 11.1 Å². The number of aromatic nitrogens is 4. The summed E-state index contributed by atoms with van der Waals surface area (Å²) in [5.74, 6) is -1.91. The molecular weight excluding hydrogens is 548 g/mol. The number of rotatable bonds is 14. The molecule has 42 heavy (non-hydrogen) atoms. The third-order valence-corrected chi connectivity index (χ3v) is 6.66. The number of carbonyl (C=O) groups is 3. The zero-order chi connectivity index (χ0) is 31.0. The number of nitrogens with one attached hydrogen (secondary N) is 1. The highest BCUT2D eigenvalue weighted by molar-refractivity contribution is 5.81. The topological polar surface area (TPSA) is 180 Å². The zero-order valence-corrected chi connectivity index (χ0v) is 24.6. The van der Waals surface area contributed by atoms with Crippen LogP contribution in [0.1, 0.15) is 70.4 Å². The maximum atomic E-state index is 12.7. The van der Waals surface area contributed by atoms with Crippen LogP contribution >= 0.6 is 0 Å². The van der Waals surface area contributed by atoms with Crippen LogP contribution < -0.4 is 11.2 Å². The second-order valence-corrected chi connectivity index (χ2v) is 10.2. The zero-order valence-electron chi connectivity index (χ0n) is 24.6. The summed E-state index contributed by atoms with van der Waals surface area (Å²) in [6.45, 7) is 8.30.